The second-order valence-electron chi connectivity index (χ2n) is 4.07. The van der Waals surface area contributed by atoms with Crippen molar-refractivity contribution in [1.82, 2.24) is 0 Å². The number of rotatable bonds is 7. The first-order valence-electron chi connectivity index (χ1n) is 5.82. The fourth-order valence-corrected chi connectivity index (χ4v) is 3.26. The highest BCUT2D eigenvalue weighted by atomic mass is 35.5. The first-order chi connectivity index (χ1) is 9.26. The van der Waals surface area contributed by atoms with Crippen molar-refractivity contribution in [3.63, 3.8) is 0 Å². The van der Waals surface area contributed by atoms with Crippen LogP contribution in [-0.2, 0) is 9.84 Å². The van der Waals surface area contributed by atoms with Crippen molar-refractivity contribution >= 4 is 39.0 Å². The van der Waals surface area contributed by atoms with E-state index >= 15 is 0 Å². The van der Waals surface area contributed by atoms with Crippen LogP contribution in [0.1, 0.15) is 23.7 Å². The number of carbonyl (C=O) groups is 1. The molecule has 1 N–H and O–H groups in total. The zero-order valence-corrected chi connectivity index (χ0v) is 13.1. The Hall–Kier alpha value is -0.980. The van der Waals surface area contributed by atoms with Crippen molar-refractivity contribution in [2.45, 2.75) is 13.3 Å². The lowest BCUT2D eigenvalue weighted by Crippen LogP contribution is -2.17. The third kappa shape index (κ3) is 4.85. The van der Waals surface area contributed by atoms with Gasteiger partial charge in [-0.05, 0) is 18.6 Å². The van der Waals surface area contributed by atoms with E-state index in [2.05, 4.69) is 0 Å². The van der Waals surface area contributed by atoms with Gasteiger partial charge in [0.15, 0.2) is 15.6 Å². The second-order valence-corrected chi connectivity index (χ2v) is 7.22. The highest BCUT2D eigenvalue weighted by Crippen LogP contribution is 2.32. The Kier molecular flexibility index (Phi) is 6.10. The fraction of sp³-hybridized carbons (Fsp3) is 0.417. The molecule has 5 nitrogen and oxygen atoms in total. The maximum absolute atomic E-state index is 11.5. The van der Waals surface area contributed by atoms with Gasteiger partial charge in [-0.3, -0.25) is 0 Å². The quantitative estimate of drug-likeness (QED) is 0.825. The number of halogens is 2. The van der Waals surface area contributed by atoms with Gasteiger partial charge in [-0.1, -0.05) is 30.1 Å². The molecule has 0 aliphatic rings. The van der Waals surface area contributed by atoms with E-state index in [1.54, 1.807) is 6.92 Å². The number of benzene rings is 1. The number of aromatic carboxylic acids is 1. The summed E-state index contributed by atoms with van der Waals surface area (Å²) in [5.74, 6) is -1.45. The van der Waals surface area contributed by atoms with Gasteiger partial charge < -0.3 is 9.84 Å². The second kappa shape index (κ2) is 7.15. The third-order valence-electron chi connectivity index (χ3n) is 2.39. The molecular formula is C12H14Cl2O5S. The number of hydrogen-bond donors (Lipinski definition) is 1. The molecule has 8 heteroatoms. The third-order valence-corrected chi connectivity index (χ3v) is 4.71. The minimum Gasteiger partial charge on any atom is -0.490 e. The molecule has 0 atom stereocenters. The summed E-state index contributed by atoms with van der Waals surface area (Å²) >= 11 is 11.6. The summed E-state index contributed by atoms with van der Waals surface area (Å²) in [4.78, 5) is 11.1. The molecule has 1 rings (SSSR count). The van der Waals surface area contributed by atoms with Crippen molar-refractivity contribution in [3.05, 3.63) is 27.7 Å². The van der Waals surface area contributed by atoms with E-state index in [1.165, 1.54) is 12.1 Å². The molecule has 0 radical (unpaired) electrons. The van der Waals surface area contributed by atoms with Crippen LogP contribution in [0, 0.1) is 0 Å². The number of ether oxygens (including phenoxy) is 1. The minimum absolute atomic E-state index is 0.0304. The molecule has 0 heterocycles. The topological polar surface area (TPSA) is 80.7 Å². The maximum atomic E-state index is 11.5. The van der Waals surface area contributed by atoms with Gasteiger partial charge in [0, 0.05) is 5.02 Å². The van der Waals surface area contributed by atoms with Crippen molar-refractivity contribution < 1.29 is 23.1 Å². The van der Waals surface area contributed by atoms with Crippen LogP contribution < -0.4 is 4.74 Å². The van der Waals surface area contributed by atoms with Gasteiger partial charge in [-0.2, -0.15) is 0 Å². The Morgan fingerprint density at radius 3 is 2.50 bits per heavy atom. The van der Waals surface area contributed by atoms with Crippen molar-refractivity contribution in [2.75, 3.05) is 18.1 Å². The average molecular weight is 341 g/mol. The van der Waals surface area contributed by atoms with Crippen LogP contribution in [0.3, 0.4) is 0 Å². The van der Waals surface area contributed by atoms with Crippen LogP contribution >= 0.6 is 23.2 Å². The van der Waals surface area contributed by atoms with Gasteiger partial charge in [-0.25, -0.2) is 13.2 Å². The predicted molar refractivity (Wildman–Crippen MR) is 77.9 cm³/mol. The van der Waals surface area contributed by atoms with Gasteiger partial charge in [0.25, 0.3) is 0 Å². The molecule has 112 valence electrons. The first kappa shape index (κ1) is 17.1. The van der Waals surface area contributed by atoms with Crippen LogP contribution in [0.2, 0.25) is 10.0 Å². The number of carboxylic acid groups (broad SMARTS) is 1. The average Bonchev–Trinajstić information content (AvgIpc) is 2.30. The van der Waals surface area contributed by atoms with E-state index in [9.17, 15) is 13.2 Å². The summed E-state index contributed by atoms with van der Waals surface area (Å²) in [5.41, 5.74) is -0.199. The summed E-state index contributed by atoms with van der Waals surface area (Å²) in [6, 6.07) is 2.54. The number of hydrogen-bond acceptors (Lipinski definition) is 4. The van der Waals surface area contributed by atoms with E-state index in [1.807, 2.05) is 0 Å². The molecule has 0 unspecified atom stereocenters. The molecule has 1 aromatic carbocycles. The summed E-state index contributed by atoms with van der Waals surface area (Å²) in [7, 11) is -3.20. The van der Waals surface area contributed by atoms with Crippen molar-refractivity contribution in [3.8, 4) is 5.75 Å². The molecule has 0 spiro atoms. The molecule has 0 aromatic heterocycles. The van der Waals surface area contributed by atoms with E-state index in [0.29, 0.717) is 6.42 Å². The van der Waals surface area contributed by atoms with Gasteiger partial charge in [0.05, 0.1) is 16.5 Å². The van der Waals surface area contributed by atoms with Gasteiger partial charge >= 0.3 is 5.97 Å². The smallest absolute Gasteiger partial charge is 0.339 e. The lowest BCUT2D eigenvalue weighted by Gasteiger charge is -2.11. The van der Waals surface area contributed by atoms with E-state index in [-0.39, 0.29) is 39.5 Å². The molecule has 0 saturated heterocycles. The monoisotopic (exact) mass is 340 g/mol. The van der Waals surface area contributed by atoms with Crippen LogP contribution in [0.25, 0.3) is 0 Å². The highest BCUT2D eigenvalue weighted by Gasteiger charge is 2.18. The summed E-state index contributed by atoms with van der Waals surface area (Å²) in [6.45, 7) is 1.60. The largest absolute Gasteiger partial charge is 0.490 e. The Balaban J connectivity index is 2.86. The normalized spacial score (nSPS) is 11.3. The Morgan fingerprint density at radius 1 is 1.30 bits per heavy atom. The van der Waals surface area contributed by atoms with Gasteiger partial charge in [-0.15, -0.1) is 0 Å². The molecular weight excluding hydrogens is 327 g/mol. The minimum atomic E-state index is -3.20. The Labute approximate surface area is 127 Å². The lowest BCUT2D eigenvalue weighted by atomic mass is 10.2. The van der Waals surface area contributed by atoms with E-state index < -0.39 is 15.8 Å². The molecule has 0 aliphatic carbocycles. The predicted octanol–water partition coefficient (Wildman–Crippen LogP) is 2.90. The SMILES string of the molecule is CCCS(=O)(=O)CCOc1c(Cl)cc(Cl)cc1C(=O)O. The van der Waals surface area contributed by atoms with E-state index in [0.717, 1.165) is 0 Å². The van der Waals surface area contributed by atoms with Crippen LogP contribution in [0.15, 0.2) is 12.1 Å². The number of carboxylic acids is 1. The van der Waals surface area contributed by atoms with Crippen LogP contribution in [0.5, 0.6) is 5.75 Å². The molecule has 0 bridgehead atoms. The fourth-order valence-electron chi connectivity index (χ4n) is 1.55. The summed E-state index contributed by atoms with van der Waals surface area (Å²) in [5, 5.41) is 9.24. The van der Waals surface area contributed by atoms with Crippen molar-refractivity contribution in [1.29, 1.82) is 0 Å². The molecule has 0 fully saturated rings. The Morgan fingerprint density at radius 2 is 1.95 bits per heavy atom. The highest BCUT2D eigenvalue weighted by molar-refractivity contribution is 7.91. The standard InChI is InChI=1S/C12H14Cl2O5S/c1-2-4-20(17,18)5-3-19-11-9(12(15)16)6-8(13)7-10(11)14/h6-7H,2-5H2,1H3,(H,15,16). The van der Waals surface area contributed by atoms with Gasteiger partial charge in [0.1, 0.15) is 12.2 Å². The summed E-state index contributed by atoms with van der Waals surface area (Å²) < 4.78 is 28.3. The van der Waals surface area contributed by atoms with Gasteiger partial charge in [0.2, 0.25) is 0 Å². The molecule has 0 aliphatic heterocycles. The van der Waals surface area contributed by atoms with E-state index in [4.69, 9.17) is 33.0 Å². The van der Waals surface area contributed by atoms with Crippen molar-refractivity contribution in [2.24, 2.45) is 0 Å². The Bertz CT molecular complexity index is 598. The molecule has 1 aromatic rings. The lowest BCUT2D eigenvalue weighted by molar-refractivity contribution is 0.0692. The molecule has 0 amide bonds. The van der Waals surface area contributed by atoms with Crippen LogP contribution in [-0.4, -0.2) is 37.6 Å². The molecule has 20 heavy (non-hydrogen) atoms. The maximum Gasteiger partial charge on any atom is 0.339 e. The zero-order chi connectivity index (χ0) is 15.3. The molecule has 0 saturated carbocycles. The summed E-state index contributed by atoms with van der Waals surface area (Å²) in [6.07, 6.45) is 0.518. The first-order valence-corrected chi connectivity index (χ1v) is 8.40. The zero-order valence-electron chi connectivity index (χ0n) is 10.7. The number of sulfone groups is 1. The van der Waals surface area contributed by atoms with Crippen LogP contribution in [0.4, 0.5) is 0 Å².